The van der Waals surface area contributed by atoms with Crippen molar-refractivity contribution in [3.8, 4) is 11.1 Å². The highest BCUT2D eigenvalue weighted by Crippen LogP contribution is 2.36. The molecule has 0 saturated heterocycles. The minimum Gasteiger partial charge on any atom is -0.0654 e. The van der Waals surface area contributed by atoms with Gasteiger partial charge in [-0.15, -0.1) is 0 Å². The third-order valence-electron chi connectivity index (χ3n) is 5.20. The zero-order valence-corrected chi connectivity index (χ0v) is 18.1. The van der Waals surface area contributed by atoms with E-state index in [4.69, 9.17) is 0 Å². The lowest BCUT2D eigenvalue weighted by atomic mass is 10.1. The Morgan fingerprint density at radius 1 is 0.739 bits per heavy atom. The second kappa shape index (κ2) is 7.24. The van der Waals surface area contributed by atoms with Crippen molar-refractivity contribution in [2.24, 2.45) is 0 Å². The Balaban J connectivity index is 2.23. The fraction of sp³-hybridized carbons (Fsp3) is 0.400. The van der Waals surface area contributed by atoms with Crippen LogP contribution in [0.1, 0.15) is 39.5 Å². The van der Waals surface area contributed by atoms with Gasteiger partial charge >= 0.3 is 0 Å². The molecule has 3 heteroatoms. The molecule has 0 atom stereocenters. The van der Waals surface area contributed by atoms with Crippen molar-refractivity contribution in [1.29, 1.82) is 0 Å². The molecule has 3 rings (SSSR count). The van der Waals surface area contributed by atoms with E-state index in [9.17, 15) is 0 Å². The summed E-state index contributed by atoms with van der Waals surface area (Å²) in [6.07, 6.45) is 5.25. The zero-order chi connectivity index (χ0) is 16.4. The summed E-state index contributed by atoms with van der Waals surface area (Å²) in [4.78, 5) is 0. The molecule has 0 saturated carbocycles. The highest BCUT2D eigenvalue weighted by Gasteiger charge is 2.44. The summed E-state index contributed by atoms with van der Waals surface area (Å²) in [5, 5.41) is 3.34. The van der Waals surface area contributed by atoms with Crippen LogP contribution < -0.4 is 10.4 Å². The predicted molar refractivity (Wildman–Crippen MR) is 112 cm³/mol. The Morgan fingerprint density at radius 2 is 1.17 bits per heavy atom. The Labute approximate surface area is 158 Å². The minimum atomic E-state index is -1.64. The second-order valence-electron chi connectivity index (χ2n) is 6.67. The summed E-state index contributed by atoms with van der Waals surface area (Å²) in [7, 11) is -1.64. The van der Waals surface area contributed by atoms with E-state index in [1.807, 2.05) is 0 Å². The Kier molecular flexibility index (Phi) is 5.49. The van der Waals surface area contributed by atoms with Gasteiger partial charge in [0.1, 0.15) is 8.07 Å². The molecular formula is C20H24Br2Si. The van der Waals surface area contributed by atoms with Crippen LogP contribution in [0.2, 0.25) is 12.1 Å². The second-order valence-corrected chi connectivity index (χ2v) is 12.7. The van der Waals surface area contributed by atoms with Crippen LogP contribution in [-0.2, 0) is 0 Å². The average Bonchev–Trinajstić information content (AvgIpc) is 2.80. The Morgan fingerprint density at radius 3 is 1.57 bits per heavy atom. The fourth-order valence-corrected chi connectivity index (χ4v) is 11.1. The topological polar surface area (TPSA) is 0 Å². The highest BCUT2D eigenvalue weighted by atomic mass is 79.9. The summed E-state index contributed by atoms with van der Waals surface area (Å²) in [6.45, 7) is 4.64. The van der Waals surface area contributed by atoms with Crippen LogP contribution in [-0.4, -0.2) is 8.07 Å². The largest absolute Gasteiger partial charge is 0.119 e. The molecule has 1 aliphatic rings. The van der Waals surface area contributed by atoms with E-state index in [0.717, 1.165) is 0 Å². The molecule has 2 aromatic carbocycles. The lowest BCUT2D eigenvalue weighted by Gasteiger charge is -2.30. The van der Waals surface area contributed by atoms with E-state index < -0.39 is 8.07 Å². The van der Waals surface area contributed by atoms with Crippen molar-refractivity contribution >= 4 is 50.3 Å². The standard InChI is InChI=1S/C20H24Br2Si/c1-3-5-11-23(12-6-4-2)19-13-15(21)7-9-17(19)18-10-8-16(22)14-20(18)23/h7-10,13-14H,3-6,11-12H2,1-2H3. The number of rotatable bonds is 6. The number of benzene rings is 2. The molecule has 1 aliphatic heterocycles. The van der Waals surface area contributed by atoms with Crippen LogP contribution in [0.15, 0.2) is 45.3 Å². The molecule has 0 fully saturated rings. The molecule has 0 radical (unpaired) electrons. The number of unbranched alkanes of at least 4 members (excludes halogenated alkanes) is 2. The molecule has 0 bridgehead atoms. The Hall–Kier alpha value is -0.383. The number of halogens is 2. The summed E-state index contributed by atoms with van der Waals surface area (Å²) in [6, 6.07) is 16.7. The maximum Gasteiger partial charge on any atom is 0.119 e. The summed E-state index contributed by atoms with van der Waals surface area (Å²) in [5.74, 6) is 0. The van der Waals surface area contributed by atoms with Crippen LogP contribution in [0.25, 0.3) is 11.1 Å². The van der Waals surface area contributed by atoms with Gasteiger partial charge in [0, 0.05) is 8.95 Å². The normalized spacial score (nSPS) is 14.6. The van der Waals surface area contributed by atoms with Crippen LogP contribution >= 0.6 is 31.9 Å². The van der Waals surface area contributed by atoms with Gasteiger partial charge in [-0.2, -0.15) is 0 Å². The van der Waals surface area contributed by atoms with Crippen molar-refractivity contribution < 1.29 is 0 Å². The number of hydrogen-bond donors (Lipinski definition) is 0. The van der Waals surface area contributed by atoms with Gasteiger partial charge in [0.2, 0.25) is 0 Å². The van der Waals surface area contributed by atoms with E-state index in [-0.39, 0.29) is 0 Å². The van der Waals surface area contributed by atoms with Gasteiger partial charge in [0.25, 0.3) is 0 Å². The van der Waals surface area contributed by atoms with E-state index in [2.05, 4.69) is 82.1 Å². The van der Waals surface area contributed by atoms with Crippen molar-refractivity contribution in [3.63, 3.8) is 0 Å². The first-order valence-electron chi connectivity index (χ1n) is 8.73. The molecule has 23 heavy (non-hydrogen) atoms. The molecular weight excluding hydrogens is 428 g/mol. The maximum absolute atomic E-state index is 3.73. The van der Waals surface area contributed by atoms with Gasteiger partial charge in [-0.1, -0.05) is 83.5 Å². The molecule has 0 aromatic heterocycles. The SMILES string of the molecule is CCCC[Si]1(CCCC)c2cc(Br)ccc2-c2ccc(Br)cc21. The minimum absolute atomic E-state index is 1.23. The number of hydrogen-bond acceptors (Lipinski definition) is 0. The average molecular weight is 452 g/mol. The molecule has 2 aromatic rings. The van der Waals surface area contributed by atoms with Crippen LogP contribution in [0, 0.1) is 0 Å². The molecule has 0 spiro atoms. The third-order valence-corrected chi connectivity index (χ3v) is 11.5. The van der Waals surface area contributed by atoms with Crippen LogP contribution in [0.4, 0.5) is 0 Å². The van der Waals surface area contributed by atoms with Crippen molar-refractivity contribution in [2.45, 2.75) is 51.6 Å². The van der Waals surface area contributed by atoms with Gasteiger partial charge in [-0.3, -0.25) is 0 Å². The highest BCUT2D eigenvalue weighted by molar-refractivity contribution is 9.10. The first kappa shape index (κ1) is 17.4. The zero-order valence-electron chi connectivity index (χ0n) is 14.0. The van der Waals surface area contributed by atoms with Crippen molar-refractivity contribution in [1.82, 2.24) is 0 Å². The lowest BCUT2D eigenvalue weighted by Crippen LogP contribution is -2.55. The molecule has 0 unspecified atom stereocenters. The van der Waals surface area contributed by atoms with Gasteiger partial charge in [0.05, 0.1) is 0 Å². The van der Waals surface area contributed by atoms with E-state index in [1.165, 1.54) is 57.8 Å². The molecule has 0 nitrogen and oxygen atoms in total. The third kappa shape index (κ3) is 3.12. The van der Waals surface area contributed by atoms with Crippen LogP contribution in [0.3, 0.4) is 0 Å². The van der Waals surface area contributed by atoms with Crippen molar-refractivity contribution in [2.75, 3.05) is 0 Å². The first-order chi connectivity index (χ1) is 11.1. The van der Waals surface area contributed by atoms with Gasteiger partial charge in [0.15, 0.2) is 0 Å². The maximum atomic E-state index is 3.73. The molecule has 0 aliphatic carbocycles. The molecule has 1 heterocycles. The van der Waals surface area contributed by atoms with E-state index >= 15 is 0 Å². The first-order valence-corrected chi connectivity index (χ1v) is 12.7. The Bertz CT molecular complexity index is 647. The van der Waals surface area contributed by atoms with E-state index in [0.29, 0.717) is 0 Å². The van der Waals surface area contributed by atoms with Crippen LogP contribution in [0.5, 0.6) is 0 Å². The lowest BCUT2D eigenvalue weighted by molar-refractivity contribution is 0.838. The summed E-state index contributed by atoms with van der Waals surface area (Å²) < 4.78 is 2.46. The quantitative estimate of drug-likeness (QED) is 0.448. The van der Waals surface area contributed by atoms with Gasteiger partial charge in [-0.05, 0) is 57.9 Å². The van der Waals surface area contributed by atoms with E-state index in [1.54, 1.807) is 10.4 Å². The molecule has 122 valence electrons. The van der Waals surface area contributed by atoms with Gasteiger partial charge < -0.3 is 0 Å². The van der Waals surface area contributed by atoms with Crippen molar-refractivity contribution in [3.05, 3.63) is 45.3 Å². The number of fused-ring (bicyclic) bond motifs is 3. The summed E-state index contributed by atoms with van der Waals surface area (Å²) >= 11 is 7.45. The fourth-order valence-electron chi connectivity index (χ4n) is 4.06. The smallest absolute Gasteiger partial charge is 0.0654 e. The molecule has 0 N–H and O–H groups in total. The summed E-state index contributed by atoms with van der Waals surface area (Å²) in [5.41, 5.74) is 2.99. The predicted octanol–water partition coefficient (Wildman–Crippen LogP) is 6.36. The molecule has 0 amide bonds. The monoisotopic (exact) mass is 450 g/mol. The van der Waals surface area contributed by atoms with Gasteiger partial charge in [-0.25, -0.2) is 0 Å².